The Labute approximate surface area is 221 Å². The molecule has 5 heterocycles. The molecule has 0 bridgehead atoms. The first-order valence-corrected chi connectivity index (χ1v) is 12.3. The van der Waals surface area contributed by atoms with Crippen molar-refractivity contribution in [1.82, 2.24) is 39.7 Å². The van der Waals surface area contributed by atoms with Gasteiger partial charge in [-0.3, -0.25) is 14.9 Å². The third-order valence-electron chi connectivity index (χ3n) is 6.44. The summed E-state index contributed by atoms with van der Waals surface area (Å²) in [7, 11) is 0. The van der Waals surface area contributed by atoms with Crippen LogP contribution < -0.4 is 5.32 Å². The summed E-state index contributed by atoms with van der Waals surface area (Å²) in [6.07, 6.45) is 7.07. The Kier molecular flexibility index (Phi) is 5.22. The molecule has 3 N–H and O–H groups in total. The van der Waals surface area contributed by atoms with E-state index in [4.69, 9.17) is 9.97 Å². The molecule has 0 saturated carbocycles. The topological polar surface area (TPSA) is 130 Å². The van der Waals surface area contributed by atoms with Crippen molar-refractivity contribution < 1.29 is 4.79 Å². The molecular formula is C29H21N9O. The van der Waals surface area contributed by atoms with E-state index >= 15 is 0 Å². The number of carbonyl (C=O) groups is 1. The number of para-hydroxylation sites is 1. The zero-order valence-electron chi connectivity index (χ0n) is 20.8. The van der Waals surface area contributed by atoms with Crippen LogP contribution >= 0.6 is 0 Å². The number of nitrogens with one attached hydrogen (secondary N) is 3. The van der Waals surface area contributed by atoms with Crippen molar-refractivity contribution in [1.29, 1.82) is 0 Å². The first-order valence-electron chi connectivity index (χ1n) is 12.3. The number of carbonyl (C=O) groups excluding carboxylic acids is 1. The first-order chi connectivity index (χ1) is 19.1. The number of aromatic amines is 2. The minimum Gasteiger partial charge on any atom is -0.336 e. The molecule has 7 rings (SSSR count). The van der Waals surface area contributed by atoms with Crippen molar-refractivity contribution in [3.63, 3.8) is 0 Å². The summed E-state index contributed by atoms with van der Waals surface area (Å²) in [6.45, 7) is 1.95. The monoisotopic (exact) mass is 511 g/mol. The highest BCUT2D eigenvalue weighted by atomic mass is 16.1. The fourth-order valence-electron chi connectivity index (χ4n) is 4.56. The average Bonchev–Trinajstić information content (AvgIpc) is 3.71. The van der Waals surface area contributed by atoms with E-state index in [2.05, 4.69) is 30.5 Å². The second-order valence-electron chi connectivity index (χ2n) is 9.13. The molecule has 7 aromatic rings. The van der Waals surface area contributed by atoms with Crippen LogP contribution in [0.4, 0.5) is 5.69 Å². The number of hydrogen-bond donors (Lipinski definition) is 3. The van der Waals surface area contributed by atoms with E-state index < -0.39 is 0 Å². The van der Waals surface area contributed by atoms with Crippen LogP contribution in [0, 0.1) is 6.92 Å². The lowest BCUT2D eigenvalue weighted by atomic mass is 10.1. The molecule has 10 heteroatoms. The molecule has 0 aliphatic rings. The Morgan fingerprint density at radius 2 is 1.82 bits per heavy atom. The zero-order valence-corrected chi connectivity index (χ0v) is 20.8. The maximum atomic E-state index is 12.6. The Morgan fingerprint density at radius 3 is 2.67 bits per heavy atom. The van der Waals surface area contributed by atoms with Gasteiger partial charge in [0.2, 0.25) is 0 Å². The minimum atomic E-state index is -0.204. The average molecular weight is 512 g/mol. The summed E-state index contributed by atoms with van der Waals surface area (Å²) in [5.41, 5.74) is 8.20. The smallest absolute Gasteiger partial charge is 0.255 e. The minimum absolute atomic E-state index is 0.204. The Bertz CT molecular complexity index is 1980. The van der Waals surface area contributed by atoms with Crippen LogP contribution in [0.15, 0.2) is 91.6 Å². The van der Waals surface area contributed by atoms with Crippen molar-refractivity contribution in [3.05, 3.63) is 103 Å². The lowest BCUT2D eigenvalue weighted by Crippen LogP contribution is -2.11. The predicted octanol–water partition coefficient (Wildman–Crippen LogP) is 5.31. The standard InChI is InChI=1S/C29H21N9O/c1-17-15-38(16-31-17)24-9-5-8-22-25(24)35-28(34-22)27-26-23(36-37-27)11-10-21(33-26)19-12-20(14-30-13-19)32-29(39)18-6-3-2-4-7-18/h2-16H,1H3,(H,32,39)(H,34,35)(H,36,37). The molecular weight excluding hydrogens is 490 g/mol. The molecule has 2 aromatic carbocycles. The highest BCUT2D eigenvalue weighted by Crippen LogP contribution is 2.30. The van der Waals surface area contributed by atoms with E-state index in [1.165, 1.54) is 0 Å². The van der Waals surface area contributed by atoms with Crippen LogP contribution in [-0.2, 0) is 0 Å². The summed E-state index contributed by atoms with van der Waals surface area (Å²) in [4.78, 5) is 34.4. The number of anilines is 1. The van der Waals surface area contributed by atoms with Crippen molar-refractivity contribution in [2.45, 2.75) is 6.92 Å². The van der Waals surface area contributed by atoms with Gasteiger partial charge in [0.05, 0.1) is 46.3 Å². The molecule has 0 saturated heterocycles. The van der Waals surface area contributed by atoms with Gasteiger partial charge < -0.3 is 14.9 Å². The van der Waals surface area contributed by atoms with Gasteiger partial charge in [0.15, 0.2) is 11.5 Å². The second kappa shape index (κ2) is 9.03. The van der Waals surface area contributed by atoms with Crippen LogP contribution in [0.1, 0.15) is 16.1 Å². The lowest BCUT2D eigenvalue weighted by Gasteiger charge is -2.07. The number of aromatic nitrogens is 8. The largest absolute Gasteiger partial charge is 0.336 e. The van der Waals surface area contributed by atoms with E-state index in [9.17, 15) is 4.79 Å². The molecule has 0 aliphatic carbocycles. The number of amides is 1. The van der Waals surface area contributed by atoms with Gasteiger partial charge in [0, 0.05) is 23.5 Å². The molecule has 10 nitrogen and oxygen atoms in total. The highest BCUT2D eigenvalue weighted by Gasteiger charge is 2.17. The van der Waals surface area contributed by atoms with E-state index in [1.807, 2.05) is 72.3 Å². The summed E-state index contributed by atoms with van der Waals surface area (Å²) >= 11 is 0. The third kappa shape index (κ3) is 4.09. The van der Waals surface area contributed by atoms with E-state index in [-0.39, 0.29) is 5.91 Å². The molecule has 188 valence electrons. The van der Waals surface area contributed by atoms with Crippen LogP contribution in [0.25, 0.3) is 50.5 Å². The maximum Gasteiger partial charge on any atom is 0.255 e. The SMILES string of the molecule is Cc1cn(-c2cccc3[nH]c(-c4n[nH]c5ccc(-c6cncc(NC(=O)c7ccccc7)c6)nc45)nc23)cn1. The number of hydrogen-bond acceptors (Lipinski definition) is 6. The molecule has 0 unspecified atom stereocenters. The van der Waals surface area contributed by atoms with Gasteiger partial charge in [0.25, 0.3) is 5.91 Å². The van der Waals surface area contributed by atoms with Crippen molar-refractivity contribution >= 4 is 33.7 Å². The molecule has 0 spiro atoms. The van der Waals surface area contributed by atoms with Crippen LogP contribution in [0.3, 0.4) is 0 Å². The van der Waals surface area contributed by atoms with Crippen LogP contribution in [-0.4, -0.2) is 45.6 Å². The Balaban J connectivity index is 1.25. The number of H-pyrrole nitrogens is 2. The van der Waals surface area contributed by atoms with Gasteiger partial charge in [-0.15, -0.1) is 0 Å². The van der Waals surface area contributed by atoms with Gasteiger partial charge >= 0.3 is 0 Å². The van der Waals surface area contributed by atoms with Crippen molar-refractivity contribution in [3.8, 4) is 28.5 Å². The highest BCUT2D eigenvalue weighted by molar-refractivity contribution is 6.04. The number of pyridine rings is 2. The second-order valence-corrected chi connectivity index (χ2v) is 9.13. The number of aryl methyl sites for hydroxylation is 1. The molecule has 39 heavy (non-hydrogen) atoms. The van der Waals surface area contributed by atoms with Gasteiger partial charge in [0.1, 0.15) is 11.0 Å². The summed E-state index contributed by atoms with van der Waals surface area (Å²) in [5.74, 6) is 0.400. The van der Waals surface area contributed by atoms with Crippen molar-refractivity contribution in [2.24, 2.45) is 0 Å². The van der Waals surface area contributed by atoms with Gasteiger partial charge in [-0.25, -0.2) is 15.0 Å². The fourth-order valence-corrected chi connectivity index (χ4v) is 4.56. The number of imidazole rings is 2. The fraction of sp³-hybridized carbons (Fsp3) is 0.0345. The normalized spacial score (nSPS) is 11.3. The van der Waals surface area contributed by atoms with Gasteiger partial charge in [-0.2, -0.15) is 5.10 Å². The number of benzene rings is 2. The molecule has 0 aliphatic heterocycles. The molecule has 0 radical (unpaired) electrons. The van der Waals surface area contributed by atoms with E-state index in [1.54, 1.807) is 30.9 Å². The molecule has 5 aromatic heterocycles. The quantitative estimate of drug-likeness (QED) is 0.287. The maximum absolute atomic E-state index is 12.6. The molecule has 0 atom stereocenters. The number of rotatable bonds is 5. The summed E-state index contributed by atoms with van der Waals surface area (Å²) in [6, 6.07) is 20.7. The third-order valence-corrected chi connectivity index (χ3v) is 6.44. The van der Waals surface area contributed by atoms with Crippen LogP contribution in [0.5, 0.6) is 0 Å². The first kappa shape index (κ1) is 22.5. The molecule has 1 amide bonds. The van der Waals surface area contributed by atoms with Gasteiger partial charge in [-0.1, -0.05) is 24.3 Å². The van der Waals surface area contributed by atoms with E-state index in [0.29, 0.717) is 34.0 Å². The van der Waals surface area contributed by atoms with Crippen molar-refractivity contribution in [2.75, 3.05) is 5.32 Å². The lowest BCUT2D eigenvalue weighted by molar-refractivity contribution is 0.102. The molecule has 0 fully saturated rings. The van der Waals surface area contributed by atoms with Crippen LogP contribution in [0.2, 0.25) is 0 Å². The number of fused-ring (bicyclic) bond motifs is 2. The summed E-state index contributed by atoms with van der Waals surface area (Å²) in [5, 5.41) is 10.5. The van der Waals surface area contributed by atoms with Gasteiger partial charge in [-0.05, 0) is 49.4 Å². The van der Waals surface area contributed by atoms with E-state index in [0.717, 1.165) is 33.5 Å². The summed E-state index contributed by atoms with van der Waals surface area (Å²) < 4.78 is 1.96. The predicted molar refractivity (Wildman–Crippen MR) is 148 cm³/mol. The Hall–Kier alpha value is -5.64. The Morgan fingerprint density at radius 1 is 0.923 bits per heavy atom. The zero-order chi connectivity index (χ0) is 26.3. The number of nitrogens with zero attached hydrogens (tertiary/aromatic N) is 6.